The van der Waals surface area contributed by atoms with Crippen molar-refractivity contribution < 1.29 is 14.5 Å². The zero-order chi connectivity index (χ0) is 20.7. The standard InChI is InChI=1S/C19H20N4O4S/c1-22(2)17(24)11-8-13-6-9-15(10-7-13)20-19(28)21-18(25)14-4-3-5-16(12-14)23(26)27/h3-7,9-10,12H,8,11H2,1-2H3,(H2,20,21,25,28). The van der Waals surface area contributed by atoms with Gasteiger partial charge >= 0.3 is 0 Å². The van der Waals surface area contributed by atoms with Crippen LogP contribution in [-0.4, -0.2) is 40.8 Å². The monoisotopic (exact) mass is 400 g/mol. The molecule has 2 N–H and O–H groups in total. The first kappa shape index (κ1) is 21.0. The Morgan fingerprint density at radius 3 is 2.43 bits per heavy atom. The molecule has 0 spiro atoms. The summed E-state index contributed by atoms with van der Waals surface area (Å²) in [7, 11) is 3.44. The molecule has 0 fully saturated rings. The molecule has 0 radical (unpaired) electrons. The Hall–Kier alpha value is -3.33. The average molecular weight is 400 g/mol. The summed E-state index contributed by atoms with van der Waals surface area (Å²) >= 11 is 5.12. The Labute approximate surface area is 167 Å². The maximum absolute atomic E-state index is 12.2. The molecule has 0 aromatic heterocycles. The number of nitro benzene ring substituents is 1. The minimum Gasteiger partial charge on any atom is -0.349 e. The van der Waals surface area contributed by atoms with E-state index in [1.807, 2.05) is 12.1 Å². The lowest BCUT2D eigenvalue weighted by molar-refractivity contribution is -0.384. The Balaban J connectivity index is 1.90. The van der Waals surface area contributed by atoms with Crippen LogP contribution in [0.3, 0.4) is 0 Å². The molecule has 146 valence electrons. The quantitative estimate of drug-likeness (QED) is 0.439. The highest BCUT2D eigenvalue weighted by Gasteiger charge is 2.12. The number of carbonyl (C=O) groups is 2. The third kappa shape index (κ3) is 6.13. The minimum absolute atomic E-state index is 0.0623. The first-order valence-electron chi connectivity index (χ1n) is 8.42. The number of thiocarbonyl (C=S) groups is 1. The molecule has 2 aromatic rings. The van der Waals surface area contributed by atoms with Crippen molar-refractivity contribution in [1.29, 1.82) is 0 Å². The second kappa shape index (κ2) is 9.56. The number of non-ortho nitro benzene ring substituents is 1. The smallest absolute Gasteiger partial charge is 0.270 e. The zero-order valence-corrected chi connectivity index (χ0v) is 16.3. The number of nitrogens with zero attached hydrogens (tertiary/aromatic N) is 2. The van der Waals surface area contributed by atoms with Crippen molar-refractivity contribution in [2.24, 2.45) is 0 Å². The van der Waals surface area contributed by atoms with E-state index in [9.17, 15) is 19.7 Å². The van der Waals surface area contributed by atoms with Crippen LogP contribution >= 0.6 is 12.2 Å². The lowest BCUT2D eigenvalue weighted by Crippen LogP contribution is -2.34. The number of hydrogen-bond donors (Lipinski definition) is 2. The highest BCUT2D eigenvalue weighted by molar-refractivity contribution is 7.80. The average Bonchev–Trinajstić information content (AvgIpc) is 2.67. The van der Waals surface area contributed by atoms with Gasteiger partial charge in [0.15, 0.2) is 5.11 Å². The van der Waals surface area contributed by atoms with Gasteiger partial charge in [-0.25, -0.2) is 0 Å². The van der Waals surface area contributed by atoms with E-state index in [1.54, 1.807) is 31.1 Å². The molecule has 0 heterocycles. The first-order chi connectivity index (χ1) is 13.3. The van der Waals surface area contributed by atoms with E-state index in [4.69, 9.17) is 12.2 Å². The molecule has 0 atom stereocenters. The fourth-order valence-corrected chi connectivity index (χ4v) is 2.54. The second-order valence-corrected chi connectivity index (χ2v) is 6.61. The summed E-state index contributed by atoms with van der Waals surface area (Å²) in [5.41, 5.74) is 1.65. The van der Waals surface area contributed by atoms with Crippen LogP contribution in [0.5, 0.6) is 0 Å². The van der Waals surface area contributed by atoms with Crippen LogP contribution < -0.4 is 10.6 Å². The first-order valence-corrected chi connectivity index (χ1v) is 8.83. The molecule has 2 amide bonds. The summed E-state index contributed by atoms with van der Waals surface area (Å²) in [4.78, 5) is 35.6. The third-order valence-electron chi connectivity index (χ3n) is 3.88. The Kier molecular flexibility index (Phi) is 7.16. The number of rotatable bonds is 6. The van der Waals surface area contributed by atoms with Crippen LogP contribution in [0.15, 0.2) is 48.5 Å². The molecule has 9 heteroatoms. The van der Waals surface area contributed by atoms with E-state index >= 15 is 0 Å². The molecule has 0 unspecified atom stereocenters. The molecule has 0 saturated heterocycles. The minimum atomic E-state index is -0.568. The van der Waals surface area contributed by atoms with Crippen LogP contribution in [0, 0.1) is 10.1 Å². The summed E-state index contributed by atoms with van der Waals surface area (Å²) in [5, 5.41) is 16.2. The van der Waals surface area contributed by atoms with E-state index in [0.717, 1.165) is 5.56 Å². The Morgan fingerprint density at radius 2 is 1.82 bits per heavy atom. The SMILES string of the molecule is CN(C)C(=O)CCc1ccc(NC(=S)NC(=O)c2cccc([N+](=O)[O-])c2)cc1. The van der Waals surface area contributed by atoms with Gasteiger partial charge in [-0.1, -0.05) is 18.2 Å². The molecule has 0 aliphatic rings. The molecular weight excluding hydrogens is 380 g/mol. The summed E-state index contributed by atoms with van der Waals surface area (Å²) in [5.74, 6) is -0.479. The van der Waals surface area contributed by atoms with Gasteiger partial charge < -0.3 is 10.2 Å². The number of nitro groups is 1. The van der Waals surface area contributed by atoms with Gasteiger partial charge in [0.2, 0.25) is 5.91 Å². The molecule has 0 bridgehead atoms. The van der Waals surface area contributed by atoms with Gasteiger partial charge in [0.05, 0.1) is 4.92 Å². The van der Waals surface area contributed by atoms with Crippen LogP contribution in [0.1, 0.15) is 22.3 Å². The highest BCUT2D eigenvalue weighted by atomic mass is 32.1. The number of anilines is 1. The number of hydrogen-bond acceptors (Lipinski definition) is 5. The lowest BCUT2D eigenvalue weighted by atomic mass is 10.1. The maximum atomic E-state index is 12.2. The van der Waals surface area contributed by atoms with E-state index in [-0.39, 0.29) is 22.3 Å². The second-order valence-electron chi connectivity index (χ2n) is 6.20. The summed E-state index contributed by atoms with van der Waals surface area (Å²) < 4.78 is 0. The zero-order valence-electron chi connectivity index (χ0n) is 15.5. The largest absolute Gasteiger partial charge is 0.349 e. The predicted molar refractivity (Wildman–Crippen MR) is 110 cm³/mol. The van der Waals surface area contributed by atoms with Gasteiger partial charge in [-0.3, -0.25) is 25.0 Å². The van der Waals surface area contributed by atoms with Crippen LogP contribution in [0.4, 0.5) is 11.4 Å². The topological polar surface area (TPSA) is 105 Å². The van der Waals surface area contributed by atoms with E-state index in [1.165, 1.54) is 24.3 Å². The molecule has 0 aliphatic carbocycles. The Morgan fingerprint density at radius 1 is 1.14 bits per heavy atom. The van der Waals surface area contributed by atoms with Gasteiger partial charge in [-0.2, -0.15) is 0 Å². The summed E-state index contributed by atoms with van der Waals surface area (Å²) in [6.45, 7) is 0. The van der Waals surface area contributed by atoms with Gasteiger partial charge in [-0.15, -0.1) is 0 Å². The summed E-state index contributed by atoms with van der Waals surface area (Å²) in [6.07, 6.45) is 1.06. The van der Waals surface area contributed by atoms with E-state index in [0.29, 0.717) is 18.5 Å². The van der Waals surface area contributed by atoms with Crippen LogP contribution in [0.25, 0.3) is 0 Å². The fourth-order valence-electron chi connectivity index (χ4n) is 2.33. The fraction of sp³-hybridized carbons (Fsp3) is 0.211. The van der Waals surface area contributed by atoms with Crippen LogP contribution in [0.2, 0.25) is 0 Å². The van der Waals surface area contributed by atoms with Crippen molar-refractivity contribution in [2.45, 2.75) is 12.8 Å². The third-order valence-corrected chi connectivity index (χ3v) is 4.09. The molecule has 2 rings (SSSR count). The van der Waals surface area contributed by atoms with Crippen molar-refractivity contribution in [3.05, 3.63) is 69.8 Å². The van der Waals surface area contributed by atoms with Gasteiger partial charge in [0.1, 0.15) is 0 Å². The van der Waals surface area contributed by atoms with Crippen LogP contribution in [-0.2, 0) is 11.2 Å². The Bertz CT molecular complexity index is 897. The molecular formula is C19H20N4O4S. The molecule has 0 aliphatic heterocycles. The molecule has 28 heavy (non-hydrogen) atoms. The number of aryl methyl sites for hydroxylation is 1. The lowest BCUT2D eigenvalue weighted by Gasteiger charge is -2.11. The van der Waals surface area contributed by atoms with Crippen molar-refractivity contribution in [2.75, 3.05) is 19.4 Å². The van der Waals surface area contributed by atoms with Crippen molar-refractivity contribution >= 4 is 40.5 Å². The van der Waals surface area contributed by atoms with Crippen molar-refractivity contribution in [3.63, 3.8) is 0 Å². The van der Waals surface area contributed by atoms with Gasteiger partial charge in [0.25, 0.3) is 11.6 Å². The number of nitrogens with one attached hydrogen (secondary N) is 2. The number of amides is 2. The maximum Gasteiger partial charge on any atom is 0.270 e. The van der Waals surface area contributed by atoms with Gasteiger partial charge in [0, 0.05) is 43.9 Å². The normalized spacial score (nSPS) is 10.1. The van der Waals surface area contributed by atoms with Crippen molar-refractivity contribution in [1.82, 2.24) is 10.2 Å². The summed E-state index contributed by atoms with van der Waals surface area (Å²) in [6, 6.07) is 12.7. The van der Waals surface area contributed by atoms with E-state index < -0.39 is 10.8 Å². The molecule has 2 aromatic carbocycles. The van der Waals surface area contributed by atoms with Gasteiger partial charge in [-0.05, 0) is 42.4 Å². The highest BCUT2D eigenvalue weighted by Crippen LogP contribution is 2.14. The number of benzene rings is 2. The van der Waals surface area contributed by atoms with E-state index in [2.05, 4.69) is 10.6 Å². The molecule has 8 nitrogen and oxygen atoms in total. The molecule has 0 saturated carbocycles. The predicted octanol–water partition coefficient (Wildman–Crippen LogP) is 2.74. The number of carbonyl (C=O) groups excluding carboxylic acids is 2. The van der Waals surface area contributed by atoms with Crippen molar-refractivity contribution in [3.8, 4) is 0 Å².